The fraction of sp³-hybridized carbons (Fsp3) is 0.480. The van der Waals surface area contributed by atoms with Crippen LogP contribution >= 0.6 is 0 Å². The molecule has 0 radical (unpaired) electrons. The van der Waals surface area contributed by atoms with Crippen LogP contribution in [0.15, 0.2) is 59.5 Å². The van der Waals surface area contributed by atoms with Crippen LogP contribution in [0.1, 0.15) is 47.1 Å². The molecule has 0 heterocycles. The van der Waals surface area contributed by atoms with Crippen molar-refractivity contribution in [2.75, 3.05) is 13.7 Å². The maximum absolute atomic E-state index is 13.8. The Morgan fingerprint density at radius 2 is 1.53 bits per heavy atom. The minimum Gasteiger partial charge on any atom is -0.497 e. The van der Waals surface area contributed by atoms with E-state index in [0.29, 0.717) is 5.75 Å². The molecule has 0 fully saturated rings. The quantitative estimate of drug-likeness (QED) is 0.506. The van der Waals surface area contributed by atoms with Gasteiger partial charge < -0.3 is 9.47 Å². The summed E-state index contributed by atoms with van der Waals surface area (Å²) >= 11 is 0. The van der Waals surface area contributed by atoms with Crippen LogP contribution < -0.4 is 10.2 Å². The lowest BCUT2D eigenvalue weighted by molar-refractivity contribution is -0.153. The number of hydroxylamine groups is 1. The van der Waals surface area contributed by atoms with E-state index in [0.717, 1.165) is 9.87 Å². The lowest BCUT2D eigenvalue weighted by atomic mass is 10.1. The Bertz CT molecular complexity index is 1030. The first kappa shape index (κ1) is 27.8. The second-order valence-electron chi connectivity index (χ2n) is 9.83. The first-order chi connectivity index (χ1) is 15.7. The van der Waals surface area contributed by atoms with E-state index in [2.05, 4.69) is 5.48 Å². The van der Waals surface area contributed by atoms with E-state index in [-0.39, 0.29) is 18.0 Å². The van der Waals surface area contributed by atoms with Crippen molar-refractivity contribution < 1.29 is 27.5 Å². The molecule has 8 nitrogen and oxygen atoms in total. The average molecular weight is 493 g/mol. The number of ether oxygens (including phenoxy) is 2. The number of nitrogens with one attached hydrogen (secondary N) is 1. The van der Waals surface area contributed by atoms with Gasteiger partial charge in [-0.15, -0.1) is 0 Å². The zero-order valence-electron chi connectivity index (χ0n) is 21.0. The molecular weight excluding hydrogens is 456 g/mol. The maximum Gasteiger partial charge on any atom is 0.264 e. The predicted molar refractivity (Wildman–Crippen MR) is 131 cm³/mol. The molecule has 1 atom stereocenters. The normalized spacial score (nSPS) is 13.5. The van der Waals surface area contributed by atoms with Gasteiger partial charge in [0.25, 0.3) is 5.91 Å². The van der Waals surface area contributed by atoms with E-state index in [1.807, 2.05) is 51.1 Å². The number of carbonyl (C=O) groups excluding carboxylic acids is 1. The average Bonchev–Trinajstić information content (AvgIpc) is 2.76. The third kappa shape index (κ3) is 8.39. The minimum absolute atomic E-state index is 0.0314. The number of sulfonamides is 1. The summed E-state index contributed by atoms with van der Waals surface area (Å²) in [7, 11) is -2.60. The SMILES string of the molecule is COc1ccc(S(=O)(=O)N(Cc2ccccc2)[C@H](COC(C)(C)C)C(=O)NOC(C)(C)C)cc1. The molecule has 0 aliphatic heterocycles. The van der Waals surface area contributed by atoms with Crippen molar-refractivity contribution in [1.29, 1.82) is 0 Å². The molecule has 0 saturated carbocycles. The monoisotopic (exact) mass is 492 g/mol. The van der Waals surface area contributed by atoms with Crippen LogP contribution in [0, 0.1) is 0 Å². The van der Waals surface area contributed by atoms with E-state index >= 15 is 0 Å². The number of amides is 1. The molecule has 0 aliphatic carbocycles. The largest absolute Gasteiger partial charge is 0.497 e. The molecule has 34 heavy (non-hydrogen) atoms. The molecule has 0 saturated heterocycles. The van der Waals surface area contributed by atoms with Crippen molar-refractivity contribution in [2.24, 2.45) is 0 Å². The molecule has 2 aromatic rings. The van der Waals surface area contributed by atoms with Crippen LogP contribution in [0.2, 0.25) is 0 Å². The van der Waals surface area contributed by atoms with Gasteiger partial charge in [0.1, 0.15) is 11.8 Å². The van der Waals surface area contributed by atoms with Gasteiger partial charge in [-0.1, -0.05) is 30.3 Å². The number of hydrogen-bond acceptors (Lipinski definition) is 6. The summed E-state index contributed by atoms with van der Waals surface area (Å²) < 4.78 is 39.8. The molecule has 0 aliphatic rings. The van der Waals surface area contributed by atoms with E-state index in [1.54, 1.807) is 32.9 Å². The third-order valence-corrected chi connectivity index (χ3v) is 6.50. The number of benzene rings is 2. The maximum atomic E-state index is 13.8. The minimum atomic E-state index is -4.11. The Hall–Kier alpha value is -2.46. The van der Waals surface area contributed by atoms with Crippen molar-refractivity contribution in [3.63, 3.8) is 0 Å². The van der Waals surface area contributed by atoms with Gasteiger partial charge in [0.15, 0.2) is 0 Å². The highest BCUT2D eigenvalue weighted by Crippen LogP contribution is 2.25. The number of hydrogen-bond donors (Lipinski definition) is 1. The molecule has 1 N–H and O–H groups in total. The molecule has 0 spiro atoms. The molecule has 2 aromatic carbocycles. The molecule has 0 bridgehead atoms. The van der Waals surface area contributed by atoms with Gasteiger partial charge in [0, 0.05) is 6.54 Å². The van der Waals surface area contributed by atoms with E-state index in [4.69, 9.17) is 14.3 Å². The van der Waals surface area contributed by atoms with Crippen molar-refractivity contribution >= 4 is 15.9 Å². The summed E-state index contributed by atoms with van der Waals surface area (Å²) in [6, 6.07) is 13.9. The summed E-state index contributed by atoms with van der Waals surface area (Å²) in [6.07, 6.45) is 0. The Morgan fingerprint density at radius 1 is 0.941 bits per heavy atom. The molecule has 2 rings (SSSR count). The Morgan fingerprint density at radius 3 is 2.03 bits per heavy atom. The zero-order valence-corrected chi connectivity index (χ0v) is 21.8. The Balaban J connectivity index is 2.53. The summed E-state index contributed by atoms with van der Waals surface area (Å²) in [4.78, 5) is 18.8. The van der Waals surface area contributed by atoms with Gasteiger partial charge in [0.05, 0.1) is 29.8 Å². The third-order valence-electron chi connectivity index (χ3n) is 4.63. The second kappa shape index (κ2) is 11.3. The van der Waals surface area contributed by atoms with Gasteiger partial charge in [-0.2, -0.15) is 4.31 Å². The van der Waals surface area contributed by atoms with Gasteiger partial charge in [-0.25, -0.2) is 13.9 Å². The molecule has 0 aromatic heterocycles. The topological polar surface area (TPSA) is 94.2 Å². The summed E-state index contributed by atoms with van der Waals surface area (Å²) in [6.45, 7) is 10.7. The number of nitrogens with zero attached hydrogens (tertiary/aromatic N) is 1. The highest BCUT2D eigenvalue weighted by molar-refractivity contribution is 7.89. The van der Waals surface area contributed by atoms with Crippen LogP contribution in [0.5, 0.6) is 5.75 Å². The lowest BCUT2D eigenvalue weighted by Gasteiger charge is -2.33. The summed E-state index contributed by atoms with van der Waals surface area (Å²) in [5.74, 6) is -0.0929. The zero-order chi connectivity index (χ0) is 25.6. The van der Waals surface area contributed by atoms with Crippen molar-refractivity contribution in [3.8, 4) is 5.75 Å². The molecule has 9 heteroatoms. The van der Waals surface area contributed by atoms with Crippen LogP contribution in [-0.4, -0.2) is 49.6 Å². The standard InChI is InChI=1S/C25H36N2O6S/c1-24(2,3)32-18-22(23(28)26-33-25(4,5)6)27(17-19-11-9-8-10-12-19)34(29,30)21-15-13-20(31-7)14-16-21/h8-16,22H,17-18H2,1-7H3,(H,26,28)/t22-/m1/s1. The second-order valence-corrected chi connectivity index (χ2v) is 11.7. The highest BCUT2D eigenvalue weighted by Gasteiger charge is 2.38. The predicted octanol–water partition coefficient (Wildman–Crippen LogP) is 3.92. The first-order valence-electron chi connectivity index (χ1n) is 11.0. The van der Waals surface area contributed by atoms with Gasteiger partial charge >= 0.3 is 0 Å². The van der Waals surface area contributed by atoms with Gasteiger partial charge in [-0.05, 0) is 71.4 Å². The van der Waals surface area contributed by atoms with Crippen molar-refractivity contribution in [1.82, 2.24) is 9.79 Å². The summed E-state index contributed by atoms with van der Waals surface area (Å²) in [5, 5.41) is 0. The van der Waals surface area contributed by atoms with Gasteiger partial charge in [0.2, 0.25) is 10.0 Å². The van der Waals surface area contributed by atoms with E-state index in [9.17, 15) is 13.2 Å². The number of carbonyl (C=O) groups is 1. The number of rotatable bonds is 10. The lowest BCUT2D eigenvalue weighted by Crippen LogP contribution is -2.53. The fourth-order valence-electron chi connectivity index (χ4n) is 2.90. The smallest absolute Gasteiger partial charge is 0.264 e. The van der Waals surface area contributed by atoms with Crippen LogP contribution in [-0.2, 0) is 30.9 Å². The molecule has 1 amide bonds. The fourth-order valence-corrected chi connectivity index (χ4v) is 4.46. The molecule has 0 unspecified atom stereocenters. The van der Waals surface area contributed by atoms with Gasteiger partial charge in [-0.3, -0.25) is 9.63 Å². The van der Waals surface area contributed by atoms with Crippen LogP contribution in [0.3, 0.4) is 0 Å². The molecule has 188 valence electrons. The van der Waals surface area contributed by atoms with Crippen molar-refractivity contribution in [2.45, 2.75) is 70.2 Å². The first-order valence-corrected chi connectivity index (χ1v) is 12.5. The van der Waals surface area contributed by atoms with E-state index in [1.165, 1.54) is 19.2 Å². The van der Waals surface area contributed by atoms with Crippen LogP contribution in [0.25, 0.3) is 0 Å². The van der Waals surface area contributed by atoms with Crippen LogP contribution in [0.4, 0.5) is 0 Å². The van der Waals surface area contributed by atoms with Crippen molar-refractivity contribution in [3.05, 3.63) is 60.2 Å². The highest BCUT2D eigenvalue weighted by atomic mass is 32.2. The summed E-state index contributed by atoms with van der Waals surface area (Å²) in [5.41, 5.74) is 1.89. The van der Waals surface area contributed by atoms with E-state index < -0.39 is 33.2 Å². The number of methoxy groups -OCH3 is 1. The Labute approximate surface area is 203 Å². The Kier molecular flexibility index (Phi) is 9.24. The molecular formula is C25H36N2O6S.